The second kappa shape index (κ2) is 14.0. The van der Waals surface area contributed by atoms with Crippen LogP contribution in [0.3, 0.4) is 0 Å². The summed E-state index contributed by atoms with van der Waals surface area (Å²) in [4.78, 5) is 36.4. The van der Waals surface area contributed by atoms with Crippen LogP contribution in [-0.4, -0.2) is 48.9 Å². The number of hydrogen-bond acceptors (Lipinski definition) is 6. The van der Waals surface area contributed by atoms with E-state index in [4.69, 9.17) is 10.00 Å². The number of amides is 2. The van der Waals surface area contributed by atoms with Gasteiger partial charge in [-0.25, -0.2) is 4.79 Å². The maximum atomic E-state index is 12.0. The standard InChI is InChI=1S/C15H19NO3.C13H15N3O/c17-10-14(9-12-7-4-8-12)16-15(18)19-11-13-5-2-1-3-6-13;1-16-9-10(7-12(16)8-14)13(17)15-11-5-3-2-4-6-11/h1-3,5-6,10,12,14H,4,7-9,11H2,(H,16,18);2-6,10,12H,7,9H2,1H3,(H,15,17). The van der Waals surface area contributed by atoms with Crippen LogP contribution in [0, 0.1) is 23.2 Å². The molecule has 0 bridgehead atoms. The lowest BCUT2D eigenvalue weighted by Gasteiger charge is -2.27. The molecule has 4 rings (SSSR count). The van der Waals surface area contributed by atoms with Gasteiger partial charge in [-0.15, -0.1) is 0 Å². The van der Waals surface area contributed by atoms with E-state index in [9.17, 15) is 14.4 Å². The van der Waals surface area contributed by atoms with Gasteiger partial charge in [-0.3, -0.25) is 9.69 Å². The van der Waals surface area contributed by atoms with Crippen LogP contribution >= 0.6 is 0 Å². The number of anilines is 1. The summed E-state index contributed by atoms with van der Waals surface area (Å²) in [7, 11) is 1.88. The molecule has 2 fully saturated rings. The fourth-order valence-electron chi connectivity index (χ4n) is 4.26. The van der Waals surface area contributed by atoms with Gasteiger partial charge in [-0.05, 0) is 43.5 Å². The van der Waals surface area contributed by atoms with Crippen molar-refractivity contribution in [2.24, 2.45) is 11.8 Å². The van der Waals surface area contributed by atoms with Crippen molar-refractivity contribution in [3.05, 3.63) is 66.2 Å². The Labute approximate surface area is 212 Å². The number of carbonyl (C=O) groups excluding carboxylic acids is 3. The van der Waals surface area contributed by atoms with Crippen molar-refractivity contribution < 1.29 is 19.1 Å². The van der Waals surface area contributed by atoms with Crippen molar-refractivity contribution in [2.45, 2.75) is 50.8 Å². The number of aldehydes is 1. The molecule has 2 amide bonds. The summed E-state index contributed by atoms with van der Waals surface area (Å²) in [5.74, 6) is 0.482. The number of nitrogens with zero attached hydrogens (tertiary/aromatic N) is 2. The second-order valence-electron chi connectivity index (χ2n) is 9.35. The number of likely N-dealkylation sites (tertiary alicyclic amines) is 1. The molecule has 1 aliphatic carbocycles. The molecule has 190 valence electrons. The molecule has 1 saturated heterocycles. The number of ether oxygens (including phenoxy) is 1. The van der Waals surface area contributed by atoms with Crippen LogP contribution in [0.2, 0.25) is 0 Å². The molecule has 2 aliphatic rings. The molecule has 3 unspecified atom stereocenters. The zero-order chi connectivity index (χ0) is 25.8. The minimum absolute atomic E-state index is 0.000741. The van der Waals surface area contributed by atoms with Crippen molar-refractivity contribution in [1.29, 1.82) is 5.26 Å². The van der Waals surface area contributed by atoms with E-state index in [0.29, 0.717) is 18.9 Å². The monoisotopic (exact) mass is 490 g/mol. The molecule has 0 aromatic heterocycles. The van der Waals surface area contributed by atoms with E-state index in [2.05, 4.69) is 16.7 Å². The normalized spacial score (nSPS) is 20.0. The summed E-state index contributed by atoms with van der Waals surface area (Å²) in [5.41, 5.74) is 1.74. The summed E-state index contributed by atoms with van der Waals surface area (Å²) in [6.45, 7) is 0.874. The predicted molar refractivity (Wildman–Crippen MR) is 137 cm³/mol. The van der Waals surface area contributed by atoms with Crippen molar-refractivity contribution in [3.8, 4) is 6.07 Å². The number of nitriles is 1. The highest BCUT2D eigenvalue weighted by molar-refractivity contribution is 5.92. The van der Waals surface area contributed by atoms with Gasteiger partial charge in [0.1, 0.15) is 12.9 Å². The number of para-hydroxylation sites is 1. The van der Waals surface area contributed by atoms with Gasteiger partial charge in [0, 0.05) is 12.2 Å². The summed E-state index contributed by atoms with van der Waals surface area (Å²) in [6, 6.07) is 20.5. The van der Waals surface area contributed by atoms with E-state index < -0.39 is 12.1 Å². The minimum Gasteiger partial charge on any atom is -0.445 e. The van der Waals surface area contributed by atoms with Gasteiger partial charge in [0.15, 0.2) is 0 Å². The molecule has 0 spiro atoms. The molecule has 2 aromatic carbocycles. The largest absolute Gasteiger partial charge is 0.445 e. The predicted octanol–water partition coefficient (Wildman–Crippen LogP) is 4.14. The van der Waals surface area contributed by atoms with Crippen molar-refractivity contribution >= 4 is 24.0 Å². The van der Waals surface area contributed by atoms with Gasteiger partial charge in [0.25, 0.3) is 0 Å². The van der Waals surface area contributed by atoms with Gasteiger partial charge < -0.3 is 20.2 Å². The maximum absolute atomic E-state index is 12.0. The molecule has 8 heteroatoms. The zero-order valence-electron chi connectivity index (χ0n) is 20.6. The highest BCUT2D eigenvalue weighted by Crippen LogP contribution is 2.30. The topological polar surface area (TPSA) is 112 Å². The Balaban J connectivity index is 0.000000202. The number of hydrogen-bond donors (Lipinski definition) is 2. The molecule has 8 nitrogen and oxygen atoms in total. The molecule has 0 radical (unpaired) electrons. The molecule has 1 aliphatic heterocycles. The maximum Gasteiger partial charge on any atom is 0.408 e. The smallest absolute Gasteiger partial charge is 0.408 e. The van der Waals surface area contributed by atoms with Crippen molar-refractivity contribution in [2.75, 3.05) is 18.9 Å². The molecule has 2 aromatic rings. The first kappa shape index (κ1) is 26.9. The Kier molecular flexibility index (Phi) is 10.5. The van der Waals surface area contributed by atoms with Crippen LogP contribution in [0.15, 0.2) is 60.7 Å². The average molecular weight is 491 g/mol. The fraction of sp³-hybridized carbons (Fsp3) is 0.429. The Bertz CT molecular complexity index is 1020. The Morgan fingerprint density at radius 1 is 1.14 bits per heavy atom. The first-order valence-corrected chi connectivity index (χ1v) is 12.4. The highest BCUT2D eigenvalue weighted by Gasteiger charge is 2.33. The third-order valence-corrected chi connectivity index (χ3v) is 6.60. The van der Waals surface area contributed by atoms with Gasteiger partial charge in [0.2, 0.25) is 5.91 Å². The quantitative estimate of drug-likeness (QED) is 0.538. The first-order valence-electron chi connectivity index (χ1n) is 12.4. The van der Waals surface area contributed by atoms with E-state index in [0.717, 1.165) is 36.8 Å². The number of carbonyl (C=O) groups is 3. The van der Waals surface area contributed by atoms with E-state index in [1.54, 1.807) is 0 Å². The van der Waals surface area contributed by atoms with Gasteiger partial charge >= 0.3 is 6.09 Å². The first-order chi connectivity index (χ1) is 17.5. The van der Waals surface area contributed by atoms with Crippen LogP contribution in [0.5, 0.6) is 0 Å². The zero-order valence-corrected chi connectivity index (χ0v) is 20.6. The lowest BCUT2D eigenvalue weighted by Crippen LogP contribution is -2.38. The lowest BCUT2D eigenvalue weighted by atomic mass is 9.81. The number of nitrogens with one attached hydrogen (secondary N) is 2. The number of alkyl carbamates (subject to hydrolysis) is 1. The summed E-state index contributed by atoms with van der Waals surface area (Å²) < 4.78 is 5.08. The molecular weight excluding hydrogens is 456 g/mol. The van der Waals surface area contributed by atoms with Crippen LogP contribution in [0.4, 0.5) is 10.5 Å². The van der Waals surface area contributed by atoms with E-state index in [1.165, 1.54) is 6.42 Å². The van der Waals surface area contributed by atoms with Crippen LogP contribution in [0.1, 0.15) is 37.7 Å². The third-order valence-electron chi connectivity index (χ3n) is 6.60. The number of rotatable bonds is 8. The molecule has 36 heavy (non-hydrogen) atoms. The summed E-state index contributed by atoms with van der Waals surface area (Å²) in [6.07, 6.45) is 5.16. The fourth-order valence-corrected chi connectivity index (χ4v) is 4.26. The lowest BCUT2D eigenvalue weighted by molar-refractivity contribution is -0.119. The van der Waals surface area contributed by atoms with E-state index in [-0.39, 0.29) is 24.5 Å². The number of benzene rings is 2. The summed E-state index contributed by atoms with van der Waals surface area (Å²) in [5, 5.41) is 14.4. The average Bonchev–Trinajstić information content (AvgIpc) is 3.26. The van der Waals surface area contributed by atoms with Crippen LogP contribution < -0.4 is 10.6 Å². The second-order valence-corrected chi connectivity index (χ2v) is 9.35. The van der Waals surface area contributed by atoms with Gasteiger partial charge in [-0.1, -0.05) is 67.8 Å². The molecule has 3 atom stereocenters. The SMILES string of the molecule is CN1CC(C(=O)Nc2ccccc2)CC1C#N.O=CC(CC1CCC1)NC(=O)OCc1ccccc1. The molecule has 2 N–H and O–H groups in total. The summed E-state index contributed by atoms with van der Waals surface area (Å²) >= 11 is 0. The Morgan fingerprint density at radius 2 is 1.81 bits per heavy atom. The minimum atomic E-state index is -0.528. The van der Waals surface area contributed by atoms with Gasteiger partial charge in [-0.2, -0.15) is 5.26 Å². The van der Waals surface area contributed by atoms with Crippen LogP contribution in [-0.2, 0) is 20.9 Å². The molecule has 1 saturated carbocycles. The van der Waals surface area contributed by atoms with Crippen molar-refractivity contribution in [1.82, 2.24) is 10.2 Å². The molecular formula is C28H34N4O4. The van der Waals surface area contributed by atoms with E-state index >= 15 is 0 Å². The van der Waals surface area contributed by atoms with E-state index in [1.807, 2.05) is 72.6 Å². The van der Waals surface area contributed by atoms with Crippen LogP contribution in [0.25, 0.3) is 0 Å². The Morgan fingerprint density at radius 3 is 2.36 bits per heavy atom. The van der Waals surface area contributed by atoms with Gasteiger partial charge in [0.05, 0.1) is 24.1 Å². The van der Waals surface area contributed by atoms with Crippen molar-refractivity contribution in [3.63, 3.8) is 0 Å². The highest BCUT2D eigenvalue weighted by atomic mass is 16.5. The molecule has 1 heterocycles. The Hall–Kier alpha value is -3.70. The third kappa shape index (κ3) is 8.51.